The molecule has 1 aromatic heterocycles. The summed E-state index contributed by atoms with van der Waals surface area (Å²) in [6.07, 6.45) is 1.53. The summed E-state index contributed by atoms with van der Waals surface area (Å²) in [7, 11) is 0. The Balaban J connectivity index is 1.40. The highest BCUT2D eigenvalue weighted by Gasteiger charge is 2.36. The van der Waals surface area contributed by atoms with Crippen LogP contribution in [-0.4, -0.2) is 34.4 Å². The number of amides is 1. The van der Waals surface area contributed by atoms with E-state index in [2.05, 4.69) is 4.99 Å². The standard InChI is InChI=1S/C26H19N3O4S/c1-2-32-25(31)18-10-8-17(9-11-18)22-13-12-19(33-22)14-20-23(27)29-21(16-6-4-3-5-7-16)15-34-26(29)28-24(20)30/h3-15,27H,2H2,1H3/b20-14-,27-23?. The van der Waals surface area contributed by atoms with E-state index in [-0.39, 0.29) is 17.4 Å². The van der Waals surface area contributed by atoms with Crippen LogP contribution < -0.4 is 0 Å². The van der Waals surface area contributed by atoms with Crippen LogP contribution >= 0.6 is 11.8 Å². The summed E-state index contributed by atoms with van der Waals surface area (Å²) in [6.45, 7) is 2.07. The van der Waals surface area contributed by atoms with Crippen LogP contribution in [0.4, 0.5) is 0 Å². The molecule has 0 unspecified atom stereocenters. The fourth-order valence-corrected chi connectivity index (χ4v) is 4.52. The molecular weight excluding hydrogens is 450 g/mol. The molecule has 7 nitrogen and oxygen atoms in total. The molecule has 8 heteroatoms. The number of benzene rings is 2. The van der Waals surface area contributed by atoms with Crippen molar-refractivity contribution in [2.45, 2.75) is 6.92 Å². The number of amidine groups is 2. The number of hydrogen-bond donors (Lipinski definition) is 1. The predicted octanol–water partition coefficient (Wildman–Crippen LogP) is 5.43. The Morgan fingerprint density at radius 1 is 1.09 bits per heavy atom. The Morgan fingerprint density at radius 2 is 1.85 bits per heavy atom. The van der Waals surface area contributed by atoms with E-state index in [9.17, 15) is 9.59 Å². The molecule has 0 aliphatic carbocycles. The molecule has 0 radical (unpaired) electrons. The zero-order valence-electron chi connectivity index (χ0n) is 18.1. The lowest BCUT2D eigenvalue weighted by atomic mass is 10.1. The van der Waals surface area contributed by atoms with E-state index in [0.717, 1.165) is 16.8 Å². The number of ether oxygens (including phenoxy) is 1. The van der Waals surface area contributed by atoms with Gasteiger partial charge in [0.25, 0.3) is 5.91 Å². The number of rotatable bonds is 5. The number of carbonyl (C=O) groups is 2. The van der Waals surface area contributed by atoms with Crippen LogP contribution in [0.25, 0.3) is 23.1 Å². The van der Waals surface area contributed by atoms with Crippen LogP contribution in [-0.2, 0) is 9.53 Å². The van der Waals surface area contributed by atoms with E-state index in [0.29, 0.717) is 28.9 Å². The number of carbonyl (C=O) groups excluding carboxylic acids is 2. The summed E-state index contributed by atoms with van der Waals surface area (Å²) in [6, 6.07) is 20.1. The van der Waals surface area contributed by atoms with Gasteiger partial charge in [0.05, 0.1) is 23.4 Å². The first kappa shape index (κ1) is 21.7. The van der Waals surface area contributed by atoms with E-state index in [4.69, 9.17) is 14.6 Å². The molecule has 3 aromatic rings. The molecule has 0 atom stereocenters. The van der Waals surface area contributed by atoms with Gasteiger partial charge >= 0.3 is 5.97 Å². The zero-order chi connectivity index (χ0) is 23.7. The van der Waals surface area contributed by atoms with Crippen molar-refractivity contribution in [3.8, 4) is 11.3 Å². The van der Waals surface area contributed by atoms with Gasteiger partial charge < -0.3 is 9.15 Å². The first-order valence-electron chi connectivity index (χ1n) is 10.6. The molecule has 1 N–H and O–H groups in total. The minimum Gasteiger partial charge on any atom is -0.462 e. The van der Waals surface area contributed by atoms with Gasteiger partial charge in [0.1, 0.15) is 17.4 Å². The van der Waals surface area contributed by atoms with Crippen molar-refractivity contribution < 1.29 is 18.7 Å². The maximum Gasteiger partial charge on any atom is 0.338 e. The molecule has 0 fully saturated rings. The fraction of sp³-hybridized carbons (Fsp3) is 0.0769. The van der Waals surface area contributed by atoms with Crippen LogP contribution in [0.15, 0.2) is 87.1 Å². The number of hydrogen-bond acceptors (Lipinski definition) is 6. The average Bonchev–Trinajstić information content (AvgIpc) is 3.50. The maximum atomic E-state index is 12.7. The van der Waals surface area contributed by atoms with Crippen molar-refractivity contribution >= 4 is 46.4 Å². The Hall–Kier alpha value is -4.17. The molecular formula is C26H19N3O4S. The van der Waals surface area contributed by atoms with Crippen LogP contribution in [0.5, 0.6) is 0 Å². The Kier molecular flexibility index (Phi) is 5.73. The number of esters is 1. The summed E-state index contributed by atoms with van der Waals surface area (Å²) in [5.41, 5.74) is 3.11. The van der Waals surface area contributed by atoms with Gasteiger partial charge in [-0.25, -0.2) is 4.79 Å². The highest BCUT2D eigenvalue weighted by molar-refractivity contribution is 8.17. The third-order valence-electron chi connectivity index (χ3n) is 5.28. The minimum atomic E-state index is -0.483. The average molecular weight is 470 g/mol. The summed E-state index contributed by atoms with van der Waals surface area (Å²) in [5.74, 6) is 0.184. The molecule has 2 aromatic carbocycles. The molecule has 3 heterocycles. The second-order valence-corrected chi connectivity index (χ2v) is 8.26. The summed E-state index contributed by atoms with van der Waals surface area (Å²) in [5, 5.41) is 11.1. The summed E-state index contributed by atoms with van der Waals surface area (Å²) < 4.78 is 10.9. The summed E-state index contributed by atoms with van der Waals surface area (Å²) >= 11 is 1.32. The Labute approximate surface area is 199 Å². The largest absolute Gasteiger partial charge is 0.462 e. The van der Waals surface area contributed by atoms with E-state index in [1.807, 2.05) is 35.7 Å². The molecule has 2 aliphatic heterocycles. The van der Waals surface area contributed by atoms with Gasteiger partial charge in [0, 0.05) is 11.0 Å². The highest BCUT2D eigenvalue weighted by Crippen LogP contribution is 2.37. The van der Waals surface area contributed by atoms with Crippen molar-refractivity contribution in [2.24, 2.45) is 4.99 Å². The molecule has 168 valence electrons. The van der Waals surface area contributed by atoms with Gasteiger partial charge in [-0.2, -0.15) is 4.99 Å². The van der Waals surface area contributed by atoms with Crippen LogP contribution in [0.3, 0.4) is 0 Å². The molecule has 2 aliphatic rings. The first-order chi connectivity index (χ1) is 16.5. The van der Waals surface area contributed by atoms with Gasteiger partial charge in [-0.1, -0.05) is 54.2 Å². The third kappa shape index (κ3) is 3.99. The monoisotopic (exact) mass is 469 g/mol. The Bertz CT molecular complexity index is 1380. The topological polar surface area (TPSA) is 96.0 Å². The number of thioether (sulfide) groups is 1. The smallest absolute Gasteiger partial charge is 0.338 e. The van der Waals surface area contributed by atoms with Crippen molar-refractivity contribution in [3.63, 3.8) is 0 Å². The van der Waals surface area contributed by atoms with Gasteiger partial charge in [-0.05, 0) is 42.8 Å². The van der Waals surface area contributed by atoms with Gasteiger partial charge in [0.15, 0.2) is 5.17 Å². The third-order valence-corrected chi connectivity index (χ3v) is 6.10. The fourth-order valence-electron chi connectivity index (χ4n) is 3.63. The molecule has 0 spiro atoms. The van der Waals surface area contributed by atoms with Crippen LogP contribution in [0, 0.1) is 5.41 Å². The van der Waals surface area contributed by atoms with Crippen molar-refractivity contribution in [1.29, 1.82) is 5.41 Å². The van der Waals surface area contributed by atoms with E-state index >= 15 is 0 Å². The molecule has 0 saturated heterocycles. The second-order valence-electron chi connectivity index (χ2n) is 7.43. The first-order valence-corrected chi connectivity index (χ1v) is 11.5. The van der Waals surface area contributed by atoms with Crippen LogP contribution in [0.1, 0.15) is 28.6 Å². The molecule has 5 rings (SSSR count). The summed E-state index contributed by atoms with van der Waals surface area (Å²) in [4.78, 5) is 30.4. The minimum absolute atomic E-state index is 0.0480. The lowest BCUT2D eigenvalue weighted by Crippen LogP contribution is -2.37. The van der Waals surface area contributed by atoms with Crippen LogP contribution in [0.2, 0.25) is 0 Å². The van der Waals surface area contributed by atoms with E-state index in [1.165, 1.54) is 17.8 Å². The van der Waals surface area contributed by atoms with Crippen molar-refractivity contribution in [1.82, 2.24) is 4.90 Å². The number of nitrogens with zero attached hydrogens (tertiary/aromatic N) is 2. The predicted molar refractivity (Wildman–Crippen MR) is 132 cm³/mol. The van der Waals surface area contributed by atoms with Gasteiger partial charge in [0.2, 0.25) is 0 Å². The number of fused-ring (bicyclic) bond motifs is 1. The normalized spacial score (nSPS) is 16.4. The van der Waals surface area contributed by atoms with E-state index < -0.39 is 5.91 Å². The maximum absolute atomic E-state index is 12.7. The highest BCUT2D eigenvalue weighted by atomic mass is 32.2. The second kappa shape index (κ2) is 8.99. The number of nitrogens with one attached hydrogen (secondary N) is 1. The van der Waals surface area contributed by atoms with Crippen molar-refractivity contribution in [3.05, 3.63) is 94.6 Å². The van der Waals surface area contributed by atoms with E-state index in [1.54, 1.807) is 48.2 Å². The lowest BCUT2D eigenvalue weighted by molar-refractivity contribution is -0.114. The number of furan rings is 1. The van der Waals surface area contributed by atoms with Gasteiger partial charge in [-0.3, -0.25) is 15.1 Å². The molecule has 0 bridgehead atoms. The Morgan fingerprint density at radius 3 is 2.59 bits per heavy atom. The van der Waals surface area contributed by atoms with Gasteiger partial charge in [-0.15, -0.1) is 0 Å². The van der Waals surface area contributed by atoms with Crippen molar-refractivity contribution in [2.75, 3.05) is 6.61 Å². The zero-order valence-corrected chi connectivity index (χ0v) is 19.0. The lowest BCUT2D eigenvalue weighted by Gasteiger charge is -2.26. The molecule has 0 saturated carbocycles. The molecule has 1 amide bonds. The SMILES string of the molecule is CCOC(=O)c1ccc(-c2ccc(/C=C3/C(=N)N4C(c5ccccc5)=CSC4=NC3=O)o2)cc1. The number of aliphatic imine (C=N–C) groups is 1. The molecule has 34 heavy (non-hydrogen) atoms. The quantitative estimate of drug-likeness (QED) is 0.396.